The number of ether oxygens (including phenoxy) is 1. The number of hydrogen-bond acceptors (Lipinski definition) is 5. The lowest BCUT2D eigenvalue weighted by Crippen LogP contribution is -2.46. The summed E-state index contributed by atoms with van der Waals surface area (Å²) in [5.74, 6) is -0.423. The lowest BCUT2D eigenvalue weighted by atomic mass is 10.0. The van der Waals surface area contributed by atoms with Crippen molar-refractivity contribution in [3.05, 3.63) is 41.6 Å². The summed E-state index contributed by atoms with van der Waals surface area (Å²) in [6, 6.07) is 9.49. The highest BCUT2D eigenvalue weighted by atomic mass is 16.5. The minimum absolute atomic E-state index is 0.0708. The maximum absolute atomic E-state index is 13.1. The van der Waals surface area contributed by atoms with Crippen LogP contribution >= 0.6 is 0 Å². The summed E-state index contributed by atoms with van der Waals surface area (Å²) in [6.45, 7) is 7.77. The fourth-order valence-corrected chi connectivity index (χ4v) is 3.33. The third kappa shape index (κ3) is 3.81. The number of imide groups is 1. The second kappa shape index (κ2) is 8.01. The predicted molar refractivity (Wildman–Crippen MR) is 100 cm³/mol. The number of nitrogens with zero attached hydrogens (tertiary/aromatic N) is 3. The van der Waals surface area contributed by atoms with Crippen LogP contribution in [0, 0.1) is 0 Å². The highest BCUT2D eigenvalue weighted by Crippen LogP contribution is 2.31. The summed E-state index contributed by atoms with van der Waals surface area (Å²) >= 11 is 0. The molecule has 1 aromatic carbocycles. The Morgan fingerprint density at radius 3 is 2.27 bits per heavy atom. The van der Waals surface area contributed by atoms with Gasteiger partial charge >= 0.3 is 0 Å². The Hall–Kier alpha value is -2.18. The Morgan fingerprint density at radius 1 is 1.00 bits per heavy atom. The average Bonchev–Trinajstić information content (AvgIpc) is 2.87. The van der Waals surface area contributed by atoms with Gasteiger partial charge in [0.05, 0.1) is 24.8 Å². The number of carbonyl (C=O) groups excluding carboxylic acids is 2. The van der Waals surface area contributed by atoms with Crippen molar-refractivity contribution < 1.29 is 14.3 Å². The third-order valence-electron chi connectivity index (χ3n) is 4.79. The minimum Gasteiger partial charge on any atom is -0.377 e. The standard InChI is InChI=1S/C20H27N3O3/c1-15(2)26-14-13-23-19(24)17(16-7-5-4-6-8-16)18(20(23)25)22-11-9-21(3)10-12-22/h4-8,15H,9-14H2,1-3H3. The molecule has 0 radical (unpaired) electrons. The predicted octanol–water partition coefficient (Wildman–Crippen LogP) is 1.44. The van der Waals surface area contributed by atoms with Crippen LogP contribution in [-0.2, 0) is 14.3 Å². The van der Waals surface area contributed by atoms with Crippen molar-refractivity contribution >= 4 is 17.4 Å². The van der Waals surface area contributed by atoms with Crippen LogP contribution in [0.5, 0.6) is 0 Å². The third-order valence-corrected chi connectivity index (χ3v) is 4.79. The van der Waals surface area contributed by atoms with Crippen molar-refractivity contribution in [2.45, 2.75) is 20.0 Å². The van der Waals surface area contributed by atoms with E-state index in [1.807, 2.05) is 44.2 Å². The molecule has 0 aliphatic carbocycles. The van der Waals surface area contributed by atoms with Gasteiger partial charge in [-0.05, 0) is 26.5 Å². The first-order chi connectivity index (χ1) is 12.5. The van der Waals surface area contributed by atoms with Gasteiger partial charge in [-0.3, -0.25) is 14.5 Å². The van der Waals surface area contributed by atoms with Crippen LogP contribution in [0.25, 0.3) is 5.57 Å². The second-order valence-corrected chi connectivity index (χ2v) is 7.06. The van der Waals surface area contributed by atoms with E-state index in [1.54, 1.807) is 0 Å². The molecule has 26 heavy (non-hydrogen) atoms. The maximum atomic E-state index is 13.1. The van der Waals surface area contributed by atoms with E-state index in [4.69, 9.17) is 4.74 Å². The molecular formula is C20H27N3O3. The van der Waals surface area contributed by atoms with E-state index in [2.05, 4.69) is 16.8 Å². The van der Waals surface area contributed by atoms with Gasteiger partial charge in [0.1, 0.15) is 5.70 Å². The lowest BCUT2D eigenvalue weighted by Gasteiger charge is -2.34. The first kappa shape index (κ1) is 18.6. The largest absolute Gasteiger partial charge is 0.377 e. The molecule has 2 heterocycles. The van der Waals surface area contributed by atoms with Crippen LogP contribution in [0.3, 0.4) is 0 Å². The summed E-state index contributed by atoms with van der Waals surface area (Å²) in [6.07, 6.45) is 0.0708. The van der Waals surface area contributed by atoms with Crippen molar-refractivity contribution in [2.75, 3.05) is 46.4 Å². The van der Waals surface area contributed by atoms with Gasteiger partial charge in [0.15, 0.2) is 0 Å². The smallest absolute Gasteiger partial charge is 0.277 e. The molecule has 0 saturated carbocycles. The minimum atomic E-state index is -0.220. The maximum Gasteiger partial charge on any atom is 0.277 e. The number of hydrogen-bond donors (Lipinski definition) is 0. The summed E-state index contributed by atoms with van der Waals surface area (Å²) in [4.78, 5) is 31.8. The van der Waals surface area contributed by atoms with Gasteiger partial charge in [-0.25, -0.2) is 0 Å². The SMILES string of the molecule is CC(C)OCCN1C(=O)C(c2ccccc2)=C(N2CCN(C)CC2)C1=O. The number of amides is 2. The molecule has 0 N–H and O–H groups in total. The molecule has 1 fully saturated rings. The van der Waals surface area contributed by atoms with E-state index >= 15 is 0 Å². The molecule has 0 bridgehead atoms. The van der Waals surface area contributed by atoms with Crippen LogP contribution in [0.2, 0.25) is 0 Å². The molecule has 0 aromatic heterocycles. The summed E-state index contributed by atoms with van der Waals surface area (Å²) < 4.78 is 5.55. The van der Waals surface area contributed by atoms with Crippen molar-refractivity contribution in [1.82, 2.24) is 14.7 Å². The van der Waals surface area contributed by atoms with Gasteiger partial charge in [0, 0.05) is 26.2 Å². The monoisotopic (exact) mass is 357 g/mol. The molecule has 140 valence electrons. The fourth-order valence-electron chi connectivity index (χ4n) is 3.33. The van der Waals surface area contributed by atoms with E-state index in [0.717, 1.165) is 31.7 Å². The van der Waals surface area contributed by atoms with Gasteiger partial charge in [0.2, 0.25) is 0 Å². The lowest BCUT2D eigenvalue weighted by molar-refractivity contribution is -0.138. The molecule has 2 aliphatic heterocycles. The molecule has 3 rings (SSSR count). The van der Waals surface area contributed by atoms with Gasteiger partial charge in [-0.15, -0.1) is 0 Å². The Labute approximate surface area is 155 Å². The molecule has 2 amide bonds. The molecular weight excluding hydrogens is 330 g/mol. The van der Waals surface area contributed by atoms with E-state index in [9.17, 15) is 9.59 Å². The van der Waals surface area contributed by atoms with E-state index in [1.165, 1.54) is 4.90 Å². The Balaban J connectivity index is 1.90. The number of piperazine rings is 1. The zero-order valence-electron chi connectivity index (χ0n) is 15.8. The molecule has 0 atom stereocenters. The Morgan fingerprint density at radius 2 is 1.65 bits per heavy atom. The van der Waals surface area contributed by atoms with Gasteiger partial charge in [-0.2, -0.15) is 0 Å². The molecule has 1 saturated heterocycles. The number of likely N-dealkylation sites (N-methyl/N-ethyl adjacent to an activating group) is 1. The quantitative estimate of drug-likeness (QED) is 0.721. The first-order valence-electron chi connectivity index (χ1n) is 9.20. The highest BCUT2D eigenvalue weighted by molar-refractivity contribution is 6.35. The normalized spacial score (nSPS) is 19.2. The summed E-state index contributed by atoms with van der Waals surface area (Å²) in [5.41, 5.74) is 1.86. The van der Waals surface area contributed by atoms with Crippen LogP contribution in [0.1, 0.15) is 19.4 Å². The molecule has 0 unspecified atom stereocenters. The van der Waals surface area contributed by atoms with Gasteiger partial charge < -0.3 is 14.5 Å². The number of rotatable bonds is 6. The number of carbonyl (C=O) groups is 2. The molecule has 6 nitrogen and oxygen atoms in total. The Bertz CT molecular complexity index is 692. The molecule has 0 spiro atoms. The molecule has 1 aromatic rings. The van der Waals surface area contributed by atoms with E-state index in [-0.39, 0.29) is 24.5 Å². The Kier molecular flexibility index (Phi) is 5.74. The van der Waals surface area contributed by atoms with Crippen LogP contribution in [0.15, 0.2) is 36.0 Å². The van der Waals surface area contributed by atoms with Crippen LogP contribution < -0.4 is 0 Å². The van der Waals surface area contributed by atoms with E-state index < -0.39 is 0 Å². The highest BCUT2D eigenvalue weighted by Gasteiger charge is 2.41. The fraction of sp³-hybridized carbons (Fsp3) is 0.500. The van der Waals surface area contributed by atoms with Crippen LogP contribution in [-0.4, -0.2) is 79.0 Å². The second-order valence-electron chi connectivity index (χ2n) is 7.06. The summed E-state index contributed by atoms with van der Waals surface area (Å²) in [7, 11) is 2.07. The summed E-state index contributed by atoms with van der Waals surface area (Å²) in [5, 5.41) is 0. The van der Waals surface area contributed by atoms with Gasteiger partial charge in [-0.1, -0.05) is 30.3 Å². The average molecular weight is 357 g/mol. The zero-order valence-corrected chi connectivity index (χ0v) is 15.8. The van der Waals surface area contributed by atoms with Crippen molar-refractivity contribution in [3.8, 4) is 0 Å². The molecule has 2 aliphatic rings. The molecule has 6 heteroatoms. The van der Waals surface area contributed by atoms with Crippen molar-refractivity contribution in [3.63, 3.8) is 0 Å². The first-order valence-corrected chi connectivity index (χ1v) is 9.20. The van der Waals surface area contributed by atoms with Crippen molar-refractivity contribution in [1.29, 1.82) is 0 Å². The van der Waals surface area contributed by atoms with E-state index in [0.29, 0.717) is 17.9 Å². The zero-order chi connectivity index (χ0) is 18.7. The number of benzene rings is 1. The van der Waals surface area contributed by atoms with Crippen LogP contribution in [0.4, 0.5) is 0 Å². The van der Waals surface area contributed by atoms with Crippen molar-refractivity contribution in [2.24, 2.45) is 0 Å². The van der Waals surface area contributed by atoms with Gasteiger partial charge in [0.25, 0.3) is 11.8 Å². The topological polar surface area (TPSA) is 53.1 Å².